The van der Waals surface area contributed by atoms with Crippen molar-refractivity contribution in [1.29, 1.82) is 0 Å². The SMILES string of the molecule is COc1ccc(C)cc1N(CCN)CCC(=O)O. The van der Waals surface area contributed by atoms with Crippen LogP contribution in [0.25, 0.3) is 0 Å². The number of aryl methyl sites for hydroxylation is 1. The van der Waals surface area contributed by atoms with Crippen LogP contribution in [0.4, 0.5) is 5.69 Å². The molecule has 0 saturated carbocycles. The number of carbonyl (C=O) groups is 1. The molecular formula is C13H20N2O3. The number of aliphatic carboxylic acids is 1. The molecule has 0 aromatic heterocycles. The standard InChI is InChI=1S/C13H20N2O3/c1-10-3-4-12(18-2)11(9-10)15(8-6-14)7-5-13(16)17/h3-4,9H,5-8,14H2,1-2H3,(H,16,17). The van der Waals surface area contributed by atoms with Gasteiger partial charge in [0.15, 0.2) is 0 Å². The van der Waals surface area contributed by atoms with Crippen LogP contribution in [0.1, 0.15) is 12.0 Å². The fourth-order valence-electron chi connectivity index (χ4n) is 1.79. The summed E-state index contributed by atoms with van der Waals surface area (Å²) in [4.78, 5) is 12.6. The summed E-state index contributed by atoms with van der Waals surface area (Å²) in [5.41, 5.74) is 7.57. The molecule has 0 aliphatic carbocycles. The Bertz CT molecular complexity index is 407. The molecule has 0 amide bonds. The van der Waals surface area contributed by atoms with Gasteiger partial charge in [-0.3, -0.25) is 4.79 Å². The number of hydrogen-bond donors (Lipinski definition) is 2. The Kier molecular flexibility index (Phi) is 5.45. The minimum atomic E-state index is -0.816. The van der Waals surface area contributed by atoms with Gasteiger partial charge in [0.1, 0.15) is 5.75 Å². The monoisotopic (exact) mass is 252 g/mol. The Morgan fingerprint density at radius 3 is 2.72 bits per heavy atom. The van der Waals surface area contributed by atoms with Crippen molar-refractivity contribution in [3.05, 3.63) is 23.8 Å². The van der Waals surface area contributed by atoms with Gasteiger partial charge in [-0.25, -0.2) is 0 Å². The second-order valence-corrected chi connectivity index (χ2v) is 4.09. The van der Waals surface area contributed by atoms with Crippen LogP contribution in [0.3, 0.4) is 0 Å². The normalized spacial score (nSPS) is 10.2. The van der Waals surface area contributed by atoms with Crippen LogP contribution in [-0.4, -0.2) is 37.8 Å². The molecule has 1 aromatic rings. The lowest BCUT2D eigenvalue weighted by molar-refractivity contribution is -0.136. The Hall–Kier alpha value is -1.75. The summed E-state index contributed by atoms with van der Waals surface area (Å²) in [5.74, 6) is -0.0805. The van der Waals surface area contributed by atoms with E-state index in [9.17, 15) is 4.79 Å². The summed E-state index contributed by atoms with van der Waals surface area (Å²) in [6, 6.07) is 5.82. The quantitative estimate of drug-likeness (QED) is 0.763. The van der Waals surface area contributed by atoms with E-state index >= 15 is 0 Å². The summed E-state index contributed by atoms with van der Waals surface area (Å²) < 4.78 is 5.30. The number of methoxy groups -OCH3 is 1. The zero-order chi connectivity index (χ0) is 13.5. The van der Waals surface area contributed by atoms with Crippen LogP contribution in [0, 0.1) is 6.92 Å². The van der Waals surface area contributed by atoms with E-state index in [2.05, 4.69) is 0 Å². The van der Waals surface area contributed by atoms with Gasteiger partial charge in [0.25, 0.3) is 0 Å². The molecule has 5 nitrogen and oxygen atoms in total. The molecule has 0 atom stereocenters. The maximum Gasteiger partial charge on any atom is 0.305 e. The number of benzene rings is 1. The highest BCUT2D eigenvalue weighted by atomic mass is 16.5. The second kappa shape index (κ2) is 6.86. The number of carboxylic acids is 1. The second-order valence-electron chi connectivity index (χ2n) is 4.09. The first-order valence-electron chi connectivity index (χ1n) is 5.90. The van der Waals surface area contributed by atoms with Crippen molar-refractivity contribution in [3.63, 3.8) is 0 Å². The smallest absolute Gasteiger partial charge is 0.305 e. The Balaban J connectivity index is 2.95. The number of carboxylic acid groups (broad SMARTS) is 1. The van der Waals surface area contributed by atoms with E-state index in [-0.39, 0.29) is 6.42 Å². The van der Waals surface area contributed by atoms with Crippen LogP contribution < -0.4 is 15.4 Å². The lowest BCUT2D eigenvalue weighted by atomic mass is 10.2. The van der Waals surface area contributed by atoms with Gasteiger partial charge in [0.05, 0.1) is 19.2 Å². The summed E-state index contributed by atoms with van der Waals surface area (Å²) >= 11 is 0. The predicted molar refractivity (Wildman–Crippen MR) is 71.3 cm³/mol. The van der Waals surface area contributed by atoms with Crippen LogP contribution in [-0.2, 0) is 4.79 Å². The lowest BCUT2D eigenvalue weighted by Crippen LogP contribution is -2.31. The largest absolute Gasteiger partial charge is 0.495 e. The molecule has 0 unspecified atom stereocenters. The van der Waals surface area contributed by atoms with Crippen molar-refractivity contribution in [2.45, 2.75) is 13.3 Å². The van der Waals surface area contributed by atoms with Crippen LogP contribution >= 0.6 is 0 Å². The van der Waals surface area contributed by atoms with Crippen molar-refractivity contribution >= 4 is 11.7 Å². The molecule has 3 N–H and O–H groups in total. The van der Waals surface area contributed by atoms with E-state index in [1.54, 1.807) is 7.11 Å². The number of anilines is 1. The molecule has 5 heteroatoms. The first-order valence-corrected chi connectivity index (χ1v) is 5.90. The van der Waals surface area contributed by atoms with E-state index in [1.807, 2.05) is 30.0 Å². The average molecular weight is 252 g/mol. The molecule has 0 fully saturated rings. The molecule has 18 heavy (non-hydrogen) atoms. The lowest BCUT2D eigenvalue weighted by Gasteiger charge is -2.25. The van der Waals surface area contributed by atoms with E-state index in [4.69, 9.17) is 15.6 Å². The van der Waals surface area contributed by atoms with Gasteiger partial charge in [-0.2, -0.15) is 0 Å². The molecule has 0 saturated heterocycles. The number of nitrogens with two attached hydrogens (primary N) is 1. The zero-order valence-corrected chi connectivity index (χ0v) is 10.8. The Morgan fingerprint density at radius 1 is 1.44 bits per heavy atom. The van der Waals surface area contributed by atoms with Gasteiger partial charge >= 0.3 is 5.97 Å². The molecule has 0 aliphatic heterocycles. The maximum absolute atomic E-state index is 10.7. The first kappa shape index (κ1) is 14.3. The van der Waals surface area contributed by atoms with Crippen molar-refractivity contribution in [1.82, 2.24) is 0 Å². The molecule has 0 bridgehead atoms. The highest BCUT2D eigenvalue weighted by Gasteiger charge is 2.13. The van der Waals surface area contributed by atoms with Crippen LogP contribution in [0.5, 0.6) is 5.75 Å². The van der Waals surface area contributed by atoms with Crippen molar-refractivity contribution < 1.29 is 14.6 Å². The first-order chi connectivity index (χ1) is 8.58. The molecule has 0 radical (unpaired) electrons. The molecule has 100 valence electrons. The highest BCUT2D eigenvalue weighted by Crippen LogP contribution is 2.29. The van der Waals surface area contributed by atoms with E-state index in [0.717, 1.165) is 17.0 Å². The third-order valence-corrected chi connectivity index (χ3v) is 2.67. The minimum Gasteiger partial charge on any atom is -0.495 e. The number of rotatable bonds is 7. The van der Waals surface area contributed by atoms with Crippen LogP contribution in [0.2, 0.25) is 0 Å². The summed E-state index contributed by atoms with van der Waals surface area (Å²) in [6.07, 6.45) is 0.0805. The van der Waals surface area contributed by atoms with Gasteiger partial charge in [-0.05, 0) is 24.6 Å². The highest BCUT2D eigenvalue weighted by molar-refractivity contribution is 5.68. The molecular weight excluding hydrogens is 232 g/mol. The molecule has 0 heterocycles. The predicted octanol–water partition coefficient (Wildman–Crippen LogP) is 1.24. The number of hydrogen-bond acceptors (Lipinski definition) is 4. The topological polar surface area (TPSA) is 75.8 Å². The third-order valence-electron chi connectivity index (χ3n) is 2.67. The van der Waals surface area contributed by atoms with Crippen molar-refractivity contribution in [2.24, 2.45) is 5.73 Å². The number of ether oxygens (including phenoxy) is 1. The van der Waals surface area contributed by atoms with Gasteiger partial charge in [-0.1, -0.05) is 6.07 Å². The van der Waals surface area contributed by atoms with Crippen molar-refractivity contribution in [3.8, 4) is 5.75 Å². The summed E-state index contributed by atoms with van der Waals surface area (Å²) in [6.45, 7) is 3.48. The summed E-state index contributed by atoms with van der Waals surface area (Å²) in [5, 5.41) is 8.77. The van der Waals surface area contributed by atoms with E-state index in [1.165, 1.54) is 0 Å². The molecule has 1 aromatic carbocycles. The molecule has 0 spiro atoms. The number of nitrogens with zero attached hydrogens (tertiary/aromatic N) is 1. The average Bonchev–Trinajstić information content (AvgIpc) is 2.34. The van der Waals surface area contributed by atoms with Gasteiger partial charge in [0.2, 0.25) is 0 Å². The molecule has 1 rings (SSSR count). The van der Waals surface area contributed by atoms with Gasteiger partial charge in [-0.15, -0.1) is 0 Å². The zero-order valence-electron chi connectivity index (χ0n) is 10.8. The Morgan fingerprint density at radius 2 is 2.17 bits per heavy atom. The fourth-order valence-corrected chi connectivity index (χ4v) is 1.79. The maximum atomic E-state index is 10.7. The van der Waals surface area contributed by atoms with Crippen molar-refractivity contribution in [2.75, 3.05) is 31.6 Å². The van der Waals surface area contributed by atoms with E-state index in [0.29, 0.717) is 19.6 Å². The van der Waals surface area contributed by atoms with E-state index < -0.39 is 5.97 Å². The molecule has 0 aliphatic rings. The Labute approximate surface area is 107 Å². The fraction of sp³-hybridized carbons (Fsp3) is 0.462. The third kappa shape index (κ3) is 3.92. The van der Waals surface area contributed by atoms with Gasteiger partial charge in [0, 0.05) is 19.6 Å². The summed E-state index contributed by atoms with van der Waals surface area (Å²) in [7, 11) is 1.60. The van der Waals surface area contributed by atoms with Crippen LogP contribution in [0.15, 0.2) is 18.2 Å². The minimum absolute atomic E-state index is 0.0805. The van der Waals surface area contributed by atoms with Gasteiger partial charge < -0.3 is 20.5 Å².